The summed E-state index contributed by atoms with van der Waals surface area (Å²) in [7, 11) is -1.60. The number of carbonyl (C=O) groups excluding carboxylic acids is 2. The predicted molar refractivity (Wildman–Crippen MR) is 97.7 cm³/mol. The maximum Gasteiger partial charge on any atom is 0.272 e. The molecule has 1 unspecified atom stereocenters. The second-order valence-corrected chi connectivity index (χ2v) is 8.60. The summed E-state index contributed by atoms with van der Waals surface area (Å²) in [5.74, 6) is -1.47. The number of nitrogens with zero attached hydrogens (tertiary/aromatic N) is 2. The van der Waals surface area contributed by atoms with Crippen molar-refractivity contribution < 1.29 is 22.4 Å². The van der Waals surface area contributed by atoms with Gasteiger partial charge in [0.05, 0.1) is 11.5 Å². The molecule has 1 aliphatic heterocycles. The molecule has 0 bridgehead atoms. The molecule has 1 aromatic carbocycles. The van der Waals surface area contributed by atoms with E-state index < -0.39 is 33.5 Å². The number of carbonyl (C=O) groups is 2. The number of amides is 2. The van der Waals surface area contributed by atoms with Crippen LogP contribution in [0.1, 0.15) is 27.3 Å². The molecule has 1 aromatic heterocycles. The van der Waals surface area contributed by atoms with Crippen LogP contribution in [0.5, 0.6) is 0 Å². The van der Waals surface area contributed by atoms with Crippen molar-refractivity contribution in [2.75, 3.05) is 23.9 Å². The van der Waals surface area contributed by atoms with E-state index in [4.69, 9.17) is 0 Å². The molecule has 9 heteroatoms. The van der Waals surface area contributed by atoms with Gasteiger partial charge < -0.3 is 10.2 Å². The molecule has 1 atom stereocenters. The Kier molecular flexibility index (Phi) is 5.22. The molecule has 1 aliphatic rings. The third kappa shape index (κ3) is 4.48. The molecule has 0 radical (unpaired) electrons. The molecule has 7 nitrogen and oxygen atoms in total. The van der Waals surface area contributed by atoms with Crippen molar-refractivity contribution >= 4 is 27.3 Å². The lowest BCUT2D eigenvalue weighted by Crippen LogP contribution is -2.38. The Morgan fingerprint density at radius 1 is 1.26 bits per heavy atom. The van der Waals surface area contributed by atoms with Crippen LogP contribution in [-0.2, 0) is 9.84 Å². The standard InChI is InChI=1S/C18H18FN3O4S/c1-22(15-6-8-27(25,26)11-15)18(24)16-9-12(5-7-20-16)17(23)21-14-4-2-3-13(19)10-14/h2-5,7,9-10,15H,6,8,11H2,1H3,(H,21,23). The SMILES string of the molecule is CN(C(=O)c1cc(C(=O)Nc2cccc(F)c2)ccn1)C1CCS(=O)(=O)C1. The summed E-state index contributed by atoms with van der Waals surface area (Å²) in [6.45, 7) is 0. The first kappa shape index (κ1) is 19.0. The van der Waals surface area contributed by atoms with Gasteiger partial charge in [-0.15, -0.1) is 0 Å². The largest absolute Gasteiger partial charge is 0.336 e. The summed E-state index contributed by atoms with van der Waals surface area (Å²) < 4.78 is 36.5. The van der Waals surface area contributed by atoms with Crippen LogP contribution in [0.3, 0.4) is 0 Å². The molecule has 0 aliphatic carbocycles. The lowest BCUT2D eigenvalue weighted by atomic mass is 10.1. The normalized spacial score (nSPS) is 18.1. The first-order valence-electron chi connectivity index (χ1n) is 8.26. The molecule has 1 N–H and O–H groups in total. The Hall–Kier alpha value is -2.81. The van der Waals surface area contributed by atoms with Crippen LogP contribution in [-0.4, -0.2) is 54.7 Å². The lowest BCUT2D eigenvalue weighted by Gasteiger charge is -2.23. The fraction of sp³-hybridized carbons (Fsp3) is 0.278. The van der Waals surface area contributed by atoms with Gasteiger partial charge in [-0.25, -0.2) is 12.8 Å². The average Bonchev–Trinajstić information content (AvgIpc) is 3.00. The monoisotopic (exact) mass is 391 g/mol. The van der Waals surface area contributed by atoms with Crippen LogP contribution in [0, 0.1) is 5.82 Å². The maximum absolute atomic E-state index is 13.2. The zero-order valence-corrected chi connectivity index (χ0v) is 15.4. The summed E-state index contributed by atoms with van der Waals surface area (Å²) in [6, 6.07) is 7.81. The van der Waals surface area contributed by atoms with Crippen LogP contribution in [0.2, 0.25) is 0 Å². The van der Waals surface area contributed by atoms with Gasteiger partial charge in [0.15, 0.2) is 9.84 Å². The van der Waals surface area contributed by atoms with E-state index in [1.807, 2.05) is 0 Å². The lowest BCUT2D eigenvalue weighted by molar-refractivity contribution is 0.0741. The van der Waals surface area contributed by atoms with Crippen LogP contribution in [0.25, 0.3) is 0 Å². The molecule has 1 saturated heterocycles. The van der Waals surface area contributed by atoms with Crippen LogP contribution in [0.4, 0.5) is 10.1 Å². The first-order valence-corrected chi connectivity index (χ1v) is 10.1. The van der Waals surface area contributed by atoms with Crippen molar-refractivity contribution in [2.24, 2.45) is 0 Å². The van der Waals surface area contributed by atoms with E-state index in [0.29, 0.717) is 6.42 Å². The Bertz CT molecular complexity index is 994. The van der Waals surface area contributed by atoms with E-state index >= 15 is 0 Å². The van der Waals surface area contributed by atoms with Gasteiger partial charge in [0.25, 0.3) is 11.8 Å². The summed E-state index contributed by atoms with van der Waals surface area (Å²) in [5, 5.41) is 2.55. The van der Waals surface area contributed by atoms with Gasteiger partial charge in [-0.3, -0.25) is 14.6 Å². The van der Waals surface area contributed by atoms with Crippen LogP contribution in [0.15, 0.2) is 42.6 Å². The van der Waals surface area contributed by atoms with Crippen LogP contribution >= 0.6 is 0 Å². The van der Waals surface area contributed by atoms with E-state index in [2.05, 4.69) is 10.3 Å². The van der Waals surface area contributed by atoms with Gasteiger partial charge in [-0.2, -0.15) is 0 Å². The van der Waals surface area contributed by atoms with Crippen LogP contribution < -0.4 is 5.32 Å². The van der Waals surface area contributed by atoms with E-state index in [9.17, 15) is 22.4 Å². The highest BCUT2D eigenvalue weighted by molar-refractivity contribution is 7.91. The number of nitrogens with one attached hydrogen (secondary N) is 1. The van der Waals surface area contributed by atoms with Crippen molar-refractivity contribution in [3.8, 4) is 0 Å². The highest BCUT2D eigenvalue weighted by Gasteiger charge is 2.33. The number of sulfone groups is 1. The summed E-state index contributed by atoms with van der Waals surface area (Å²) in [6.07, 6.45) is 1.71. The molecule has 142 valence electrons. The second-order valence-electron chi connectivity index (χ2n) is 6.37. The van der Waals surface area contributed by atoms with Crippen molar-refractivity contribution in [1.82, 2.24) is 9.88 Å². The van der Waals surface area contributed by atoms with Gasteiger partial charge in [-0.1, -0.05) is 6.07 Å². The molecular formula is C18H18FN3O4S. The summed E-state index contributed by atoms with van der Waals surface area (Å²) in [5.41, 5.74) is 0.511. The number of aromatic nitrogens is 1. The molecule has 27 heavy (non-hydrogen) atoms. The van der Waals surface area contributed by atoms with E-state index in [-0.39, 0.29) is 28.5 Å². The fourth-order valence-electron chi connectivity index (χ4n) is 2.89. The van der Waals surface area contributed by atoms with Gasteiger partial charge in [0, 0.05) is 30.5 Å². The topological polar surface area (TPSA) is 96.4 Å². The number of halogens is 1. The van der Waals surface area contributed by atoms with E-state index in [1.54, 1.807) is 6.07 Å². The summed E-state index contributed by atoms with van der Waals surface area (Å²) in [4.78, 5) is 30.3. The minimum Gasteiger partial charge on any atom is -0.336 e. The van der Waals surface area contributed by atoms with E-state index in [0.717, 1.165) is 0 Å². The van der Waals surface area contributed by atoms with Crippen molar-refractivity contribution in [2.45, 2.75) is 12.5 Å². The minimum atomic E-state index is -3.12. The minimum absolute atomic E-state index is 0.0358. The number of hydrogen-bond donors (Lipinski definition) is 1. The highest BCUT2D eigenvalue weighted by atomic mass is 32.2. The Labute approximate surface area is 156 Å². The van der Waals surface area contributed by atoms with E-state index in [1.165, 1.54) is 48.5 Å². The molecule has 0 saturated carbocycles. The number of anilines is 1. The third-order valence-corrected chi connectivity index (χ3v) is 6.15. The van der Waals surface area contributed by atoms with Crippen molar-refractivity contribution in [3.05, 3.63) is 59.7 Å². The Morgan fingerprint density at radius 3 is 2.70 bits per heavy atom. The molecule has 3 rings (SSSR count). The molecule has 2 heterocycles. The first-order chi connectivity index (χ1) is 12.7. The Balaban J connectivity index is 1.74. The van der Waals surface area contributed by atoms with Gasteiger partial charge in [0.1, 0.15) is 11.5 Å². The van der Waals surface area contributed by atoms with Crippen molar-refractivity contribution in [1.29, 1.82) is 0 Å². The summed E-state index contributed by atoms with van der Waals surface area (Å²) >= 11 is 0. The van der Waals surface area contributed by atoms with Gasteiger partial charge >= 0.3 is 0 Å². The van der Waals surface area contributed by atoms with Gasteiger partial charge in [-0.05, 0) is 36.8 Å². The Morgan fingerprint density at radius 2 is 2.04 bits per heavy atom. The molecule has 0 spiro atoms. The van der Waals surface area contributed by atoms with Crippen molar-refractivity contribution in [3.63, 3.8) is 0 Å². The zero-order valence-electron chi connectivity index (χ0n) is 14.6. The highest BCUT2D eigenvalue weighted by Crippen LogP contribution is 2.18. The number of pyridine rings is 1. The molecular weight excluding hydrogens is 373 g/mol. The maximum atomic E-state index is 13.2. The number of benzene rings is 1. The number of rotatable bonds is 4. The zero-order chi connectivity index (χ0) is 19.6. The fourth-order valence-corrected chi connectivity index (χ4v) is 4.66. The smallest absolute Gasteiger partial charge is 0.272 e. The molecule has 1 fully saturated rings. The average molecular weight is 391 g/mol. The molecule has 2 aromatic rings. The van der Waals surface area contributed by atoms with Gasteiger partial charge in [0.2, 0.25) is 0 Å². The third-order valence-electron chi connectivity index (χ3n) is 4.40. The second kappa shape index (κ2) is 7.43. The quantitative estimate of drug-likeness (QED) is 0.856. The predicted octanol–water partition coefficient (Wildman–Crippen LogP) is 1.73. The number of hydrogen-bond acceptors (Lipinski definition) is 5. The molecule has 2 amide bonds.